The summed E-state index contributed by atoms with van der Waals surface area (Å²) in [5.41, 5.74) is 0. The summed E-state index contributed by atoms with van der Waals surface area (Å²) in [6, 6.07) is -0.161. The van der Waals surface area contributed by atoms with Gasteiger partial charge < -0.3 is 5.32 Å². The summed E-state index contributed by atoms with van der Waals surface area (Å²) in [5, 5.41) is 3.66. The average molecular weight is 298 g/mol. The van der Waals surface area contributed by atoms with E-state index in [1.165, 1.54) is 0 Å². The Morgan fingerprint density at radius 2 is 2.13 bits per heavy atom. The topological polar surface area (TPSA) is 63.2 Å². The van der Waals surface area contributed by atoms with E-state index < -0.39 is 9.84 Å². The maximum Gasteiger partial charge on any atom is 0.220 e. The third-order valence-corrected chi connectivity index (χ3v) is 4.71. The molecule has 6 heteroatoms. The zero-order valence-corrected chi connectivity index (χ0v) is 10.9. The number of nitrogens with one attached hydrogen (secondary N) is 1. The van der Waals surface area contributed by atoms with Crippen molar-refractivity contribution in [1.82, 2.24) is 5.32 Å². The zero-order chi connectivity index (χ0) is 11.3. The van der Waals surface area contributed by atoms with Crippen molar-refractivity contribution in [3.8, 4) is 0 Å². The van der Waals surface area contributed by atoms with Crippen LogP contribution in [-0.4, -0.2) is 37.2 Å². The highest BCUT2D eigenvalue weighted by molar-refractivity contribution is 9.09. The molecule has 0 aliphatic carbocycles. The lowest BCUT2D eigenvalue weighted by Crippen LogP contribution is -2.35. The maximum atomic E-state index is 11.4. The van der Waals surface area contributed by atoms with E-state index in [4.69, 9.17) is 0 Å². The molecule has 1 heterocycles. The van der Waals surface area contributed by atoms with Gasteiger partial charge in [-0.2, -0.15) is 0 Å². The Hall–Kier alpha value is -0.100. The average Bonchev–Trinajstić information content (AvgIpc) is 2.46. The second kappa shape index (κ2) is 5.84. The first-order valence-electron chi connectivity index (χ1n) is 5.09. The number of carbonyl (C=O) groups is 1. The first-order chi connectivity index (χ1) is 7.03. The Morgan fingerprint density at radius 3 is 2.67 bits per heavy atom. The number of halogens is 1. The lowest BCUT2D eigenvalue weighted by atomic mass is 10.2. The SMILES string of the molecule is O=C(CCCCBr)NC1CCS(=O)(=O)C1. The minimum Gasteiger partial charge on any atom is -0.352 e. The summed E-state index contributed by atoms with van der Waals surface area (Å²) in [6.45, 7) is 0. The molecule has 1 fully saturated rings. The van der Waals surface area contributed by atoms with Crippen LogP contribution in [0.15, 0.2) is 0 Å². The Labute approximate surface area is 98.9 Å². The Morgan fingerprint density at radius 1 is 1.40 bits per heavy atom. The molecule has 88 valence electrons. The molecule has 1 aliphatic heterocycles. The van der Waals surface area contributed by atoms with Crippen LogP contribution in [0, 0.1) is 0 Å². The van der Waals surface area contributed by atoms with Crippen LogP contribution in [0.1, 0.15) is 25.7 Å². The van der Waals surface area contributed by atoms with Crippen LogP contribution in [-0.2, 0) is 14.6 Å². The summed E-state index contributed by atoms with van der Waals surface area (Å²) in [7, 11) is -2.89. The van der Waals surface area contributed by atoms with E-state index in [2.05, 4.69) is 21.2 Å². The molecule has 4 nitrogen and oxygen atoms in total. The van der Waals surface area contributed by atoms with Crippen molar-refractivity contribution in [3.63, 3.8) is 0 Å². The van der Waals surface area contributed by atoms with Gasteiger partial charge in [0.2, 0.25) is 5.91 Å². The van der Waals surface area contributed by atoms with E-state index >= 15 is 0 Å². The minimum atomic E-state index is -2.89. The molecule has 0 aromatic rings. The molecule has 1 saturated heterocycles. The van der Waals surface area contributed by atoms with Gasteiger partial charge in [-0.25, -0.2) is 8.42 Å². The van der Waals surface area contributed by atoms with E-state index in [-0.39, 0.29) is 23.5 Å². The molecule has 0 radical (unpaired) electrons. The highest BCUT2D eigenvalue weighted by atomic mass is 79.9. The minimum absolute atomic E-state index is 0.0296. The van der Waals surface area contributed by atoms with Crippen LogP contribution in [0.4, 0.5) is 0 Å². The predicted molar refractivity (Wildman–Crippen MR) is 62.8 cm³/mol. The van der Waals surface area contributed by atoms with Crippen molar-refractivity contribution in [2.75, 3.05) is 16.8 Å². The van der Waals surface area contributed by atoms with E-state index in [1.54, 1.807) is 0 Å². The fourth-order valence-corrected chi connectivity index (χ4v) is 3.66. The van der Waals surface area contributed by atoms with E-state index in [9.17, 15) is 13.2 Å². The summed E-state index contributed by atoms with van der Waals surface area (Å²) in [5.74, 6) is 0.286. The number of hydrogen-bond donors (Lipinski definition) is 1. The fourth-order valence-electron chi connectivity index (χ4n) is 1.59. The van der Waals surface area contributed by atoms with Gasteiger partial charge in [0.15, 0.2) is 9.84 Å². The van der Waals surface area contributed by atoms with Crippen LogP contribution >= 0.6 is 15.9 Å². The monoisotopic (exact) mass is 297 g/mol. The molecular formula is C9H16BrNO3S. The number of sulfone groups is 1. The van der Waals surface area contributed by atoms with Gasteiger partial charge in [-0.1, -0.05) is 15.9 Å². The van der Waals surface area contributed by atoms with Gasteiger partial charge in [0.1, 0.15) is 0 Å². The van der Waals surface area contributed by atoms with Crippen LogP contribution in [0.3, 0.4) is 0 Å². The summed E-state index contributed by atoms with van der Waals surface area (Å²) >= 11 is 3.29. The number of rotatable bonds is 5. The highest BCUT2D eigenvalue weighted by Gasteiger charge is 2.28. The van der Waals surface area contributed by atoms with Crippen molar-refractivity contribution in [1.29, 1.82) is 0 Å². The van der Waals surface area contributed by atoms with Gasteiger partial charge in [0.25, 0.3) is 0 Å². The molecule has 1 unspecified atom stereocenters. The van der Waals surface area contributed by atoms with Gasteiger partial charge >= 0.3 is 0 Å². The molecule has 15 heavy (non-hydrogen) atoms. The number of unbranched alkanes of at least 4 members (excludes halogenated alkanes) is 1. The molecule has 0 aromatic carbocycles. The molecule has 0 spiro atoms. The first kappa shape index (κ1) is 13.0. The van der Waals surface area contributed by atoms with Gasteiger partial charge in [-0.15, -0.1) is 0 Å². The van der Waals surface area contributed by atoms with E-state index in [1.807, 2.05) is 0 Å². The number of hydrogen-bond acceptors (Lipinski definition) is 3. The normalized spacial score (nSPS) is 23.9. The van der Waals surface area contributed by atoms with E-state index in [0.29, 0.717) is 12.8 Å². The number of carbonyl (C=O) groups excluding carboxylic acids is 1. The van der Waals surface area contributed by atoms with Crippen LogP contribution < -0.4 is 5.32 Å². The molecule has 1 rings (SSSR count). The summed E-state index contributed by atoms with van der Waals surface area (Å²) in [6.07, 6.45) is 2.86. The molecule has 1 atom stereocenters. The maximum absolute atomic E-state index is 11.4. The van der Waals surface area contributed by atoms with Gasteiger partial charge in [-0.3, -0.25) is 4.79 Å². The molecule has 1 amide bonds. The highest BCUT2D eigenvalue weighted by Crippen LogP contribution is 2.11. The largest absolute Gasteiger partial charge is 0.352 e. The van der Waals surface area contributed by atoms with Crippen LogP contribution in [0.25, 0.3) is 0 Å². The third kappa shape index (κ3) is 4.97. The van der Waals surface area contributed by atoms with Gasteiger partial charge in [0.05, 0.1) is 11.5 Å². The standard InChI is InChI=1S/C9H16BrNO3S/c10-5-2-1-3-9(12)11-8-4-6-15(13,14)7-8/h8H,1-7H2,(H,11,12). The Balaban J connectivity index is 2.22. The molecule has 1 aliphatic rings. The Bertz CT molecular complexity index is 315. The van der Waals surface area contributed by atoms with Gasteiger partial charge in [-0.05, 0) is 19.3 Å². The lowest BCUT2D eigenvalue weighted by molar-refractivity contribution is -0.121. The predicted octanol–water partition coefficient (Wildman–Crippen LogP) is 0.855. The van der Waals surface area contributed by atoms with Crippen molar-refractivity contribution in [3.05, 3.63) is 0 Å². The van der Waals surface area contributed by atoms with Gasteiger partial charge in [0, 0.05) is 17.8 Å². The fraction of sp³-hybridized carbons (Fsp3) is 0.889. The summed E-state index contributed by atoms with van der Waals surface area (Å²) < 4.78 is 22.3. The number of amides is 1. The lowest BCUT2D eigenvalue weighted by Gasteiger charge is -2.10. The van der Waals surface area contributed by atoms with Crippen molar-refractivity contribution in [2.45, 2.75) is 31.7 Å². The molecule has 0 saturated carbocycles. The van der Waals surface area contributed by atoms with Crippen molar-refractivity contribution >= 4 is 31.7 Å². The van der Waals surface area contributed by atoms with Crippen molar-refractivity contribution < 1.29 is 13.2 Å². The van der Waals surface area contributed by atoms with Crippen LogP contribution in [0.5, 0.6) is 0 Å². The number of alkyl halides is 1. The molecule has 0 aromatic heterocycles. The first-order valence-corrected chi connectivity index (χ1v) is 8.03. The van der Waals surface area contributed by atoms with Crippen molar-refractivity contribution in [2.24, 2.45) is 0 Å². The summed E-state index contributed by atoms with van der Waals surface area (Å²) in [4.78, 5) is 11.4. The molecule has 1 N–H and O–H groups in total. The van der Waals surface area contributed by atoms with E-state index in [0.717, 1.165) is 18.2 Å². The third-order valence-electron chi connectivity index (χ3n) is 2.39. The smallest absolute Gasteiger partial charge is 0.220 e. The molecule has 0 bridgehead atoms. The second-order valence-electron chi connectivity index (χ2n) is 3.81. The second-order valence-corrected chi connectivity index (χ2v) is 6.84. The Kier molecular flexibility index (Phi) is 5.05. The van der Waals surface area contributed by atoms with Crippen LogP contribution in [0.2, 0.25) is 0 Å². The quantitative estimate of drug-likeness (QED) is 0.605. The molecular weight excluding hydrogens is 282 g/mol. The zero-order valence-electron chi connectivity index (χ0n) is 8.54.